The molecule has 7 nitrogen and oxygen atoms in total. The van der Waals surface area contributed by atoms with Gasteiger partial charge in [-0.3, -0.25) is 9.98 Å². The molecule has 2 atom stereocenters. The van der Waals surface area contributed by atoms with E-state index in [1.54, 1.807) is 12.3 Å². The van der Waals surface area contributed by atoms with E-state index in [1.165, 1.54) is 11.8 Å². The molecule has 10 heteroatoms. The number of aryl methyl sites for hydroxylation is 1. The standard InChI is InChI=1S/C27H29Cl2N7S/c1-17-16-35-26(24(21(15-30)33-3)37-22-8-4-7-19(28)23(22)29)36(17)13-10-27(9-12-32-2)14-20-18(25(27)31)6-5-11-34-20/h4-8,11,16,25,32H,3,9-10,12-14,31H2,1-2H3/b24-21+. The predicted octanol–water partition coefficient (Wildman–Crippen LogP) is 5.82. The first kappa shape index (κ1) is 27.4. The van der Waals surface area contributed by atoms with Crippen LogP contribution >= 0.6 is 35.0 Å². The zero-order valence-electron chi connectivity index (χ0n) is 20.8. The van der Waals surface area contributed by atoms with Crippen LogP contribution in [-0.2, 0) is 13.0 Å². The van der Waals surface area contributed by atoms with Gasteiger partial charge >= 0.3 is 0 Å². The molecular formula is C27H29Cl2N7S. The summed E-state index contributed by atoms with van der Waals surface area (Å²) in [7, 11) is 1.96. The molecule has 4 rings (SSSR count). The Balaban J connectivity index is 1.70. The summed E-state index contributed by atoms with van der Waals surface area (Å²) < 4.78 is 2.12. The minimum absolute atomic E-state index is 0.115. The van der Waals surface area contributed by atoms with E-state index in [0.717, 1.165) is 42.8 Å². The fourth-order valence-corrected chi connectivity index (χ4v) is 6.43. The lowest BCUT2D eigenvalue weighted by Crippen LogP contribution is -2.35. The summed E-state index contributed by atoms with van der Waals surface area (Å²) in [6, 6.07) is 11.5. The van der Waals surface area contributed by atoms with Crippen LogP contribution in [-0.4, -0.2) is 34.8 Å². The molecule has 3 aromatic rings. The van der Waals surface area contributed by atoms with E-state index in [4.69, 9.17) is 28.9 Å². The van der Waals surface area contributed by atoms with Crippen molar-refractivity contribution in [2.24, 2.45) is 16.1 Å². The van der Waals surface area contributed by atoms with Gasteiger partial charge in [0.05, 0.1) is 15.0 Å². The zero-order valence-corrected chi connectivity index (χ0v) is 23.2. The molecule has 1 aliphatic rings. The lowest BCUT2D eigenvalue weighted by Gasteiger charge is -2.34. The summed E-state index contributed by atoms with van der Waals surface area (Å²) in [5.74, 6) is 0.633. The third-order valence-electron chi connectivity index (χ3n) is 7.01. The number of aromatic nitrogens is 3. The van der Waals surface area contributed by atoms with Crippen molar-refractivity contribution in [3.63, 3.8) is 0 Å². The molecule has 1 aromatic carbocycles. The number of nitrogens with zero attached hydrogens (tertiary/aromatic N) is 5. The van der Waals surface area contributed by atoms with Crippen molar-refractivity contribution in [3.8, 4) is 6.07 Å². The largest absolute Gasteiger partial charge is 0.328 e. The number of allylic oxidation sites excluding steroid dienone is 1. The maximum absolute atomic E-state index is 9.85. The van der Waals surface area contributed by atoms with Gasteiger partial charge in [-0.1, -0.05) is 47.1 Å². The highest BCUT2D eigenvalue weighted by molar-refractivity contribution is 8.08. The van der Waals surface area contributed by atoms with Crippen LogP contribution in [0.2, 0.25) is 10.0 Å². The number of halogens is 2. The number of nitrogens with two attached hydrogens (primary N) is 1. The van der Waals surface area contributed by atoms with Gasteiger partial charge in [-0.25, -0.2) is 4.98 Å². The van der Waals surface area contributed by atoms with Crippen molar-refractivity contribution in [2.75, 3.05) is 13.6 Å². The number of thioether (sulfide) groups is 1. The lowest BCUT2D eigenvalue weighted by atomic mass is 9.75. The summed E-state index contributed by atoms with van der Waals surface area (Å²) in [4.78, 5) is 14.6. The van der Waals surface area contributed by atoms with E-state index in [0.29, 0.717) is 32.2 Å². The quantitative estimate of drug-likeness (QED) is 0.186. The van der Waals surface area contributed by atoms with E-state index in [1.807, 2.05) is 38.4 Å². The van der Waals surface area contributed by atoms with Crippen molar-refractivity contribution in [3.05, 3.63) is 81.2 Å². The Morgan fingerprint density at radius 1 is 1.32 bits per heavy atom. The molecular weight excluding hydrogens is 525 g/mol. The Bertz CT molecular complexity index is 1380. The predicted molar refractivity (Wildman–Crippen MR) is 152 cm³/mol. The Labute approximate surface area is 231 Å². The Morgan fingerprint density at radius 2 is 2.14 bits per heavy atom. The number of aliphatic imine (C=N–C) groups is 1. The monoisotopic (exact) mass is 553 g/mol. The molecule has 0 amide bonds. The van der Waals surface area contributed by atoms with Crippen LogP contribution in [0.1, 0.15) is 41.7 Å². The molecule has 0 spiro atoms. The van der Waals surface area contributed by atoms with Gasteiger partial charge in [0.25, 0.3) is 0 Å². The smallest absolute Gasteiger partial charge is 0.157 e. The fourth-order valence-electron chi connectivity index (χ4n) is 4.93. The number of imidazole rings is 1. The number of nitrogens with one attached hydrogen (secondary N) is 1. The molecule has 2 heterocycles. The molecule has 3 N–H and O–H groups in total. The minimum Gasteiger partial charge on any atom is -0.328 e. The first-order valence-corrected chi connectivity index (χ1v) is 13.5. The van der Waals surface area contributed by atoms with E-state index >= 15 is 0 Å². The first-order chi connectivity index (χ1) is 17.8. The number of fused-ring (bicyclic) bond motifs is 1. The van der Waals surface area contributed by atoms with Crippen molar-refractivity contribution in [1.29, 1.82) is 5.26 Å². The molecule has 2 unspecified atom stereocenters. The van der Waals surface area contributed by atoms with Crippen LogP contribution in [0, 0.1) is 23.7 Å². The normalized spacial score (nSPS) is 19.3. The van der Waals surface area contributed by atoms with Gasteiger partial charge in [0.15, 0.2) is 5.70 Å². The molecule has 0 bridgehead atoms. The van der Waals surface area contributed by atoms with Crippen LogP contribution in [0.5, 0.6) is 0 Å². The molecule has 0 saturated carbocycles. The van der Waals surface area contributed by atoms with Gasteiger partial charge in [-0.05, 0) is 75.7 Å². The van der Waals surface area contributed by atoms with Crippen LogP contribution < -0.4 is 11.1 Å². The van der Waals surface area contributed by atoms with Gasteiger partial charge in [-0.2, -0.15) is 5.26 Å². The third kappa shape index (κ3) is 5.47. The van der Waals surface area contributed by atoms with Crippen LogP contribution in [0.4, 0.5) is 0 Å². The Morgan fingerprint density at radius 3 is 2.84 bits per heavy atom. The summed E-state index contributed by atoms with van der Waals surface area (Å²) in [5.41, 5.74) is 10.0. The molecule has 0 saturated heterocycles. The van der Waals surface area contributed by atoms with Gasteiger partial charge in [0.1, 0.15) is 11.9 Å². The van der Waals surface area contributed by atoms with Crippen LogP contribution in [0.3, 0.4) is 0 Å². The van der Waals surface area contributed by atoms with Gasteiger partial charge < -0.3 is 15.6 Å². The van der Waals surface area contributed by atoms with E-state index in [-0.39, 0.29) is 17.2 Å². The molecule has 0 aliphatic heterocycles. The van der Waals surface area contributed by atoms with Crippen LogP contribution in [0.15, 0.2) is 58.3 Å². The van der Waals surface area contributed by atoms with E-state index in [9.17, 15) is 5.26 Å². The van der Waals surface area contributed by atoms with Crippen molar-refractivity contribution >= 4 is 46.6 Å². The number of hydrogen-bond donors (Lipinski definition) is 2. The summed E-state index contributed by atoms with van der Waals surface area (Å²) >= 11 is 14.0. The van der Waals surface area contributed by atoms with E-state index in [2.05, 4.69) is 43.7 Å². The lowest BCUT2D eigenvalue weighted by molar-refractivity contribution is 0.192. The number of benzene rings is 1. The van der Waals surface area contributed by atoms with Crippen molar-refractivity contribution in [2.45, 2.75) is 43.7 Å². The minimum atomic E-state index is -0.157. The highest BCUT2D eigenvalue weighted by Crippen LogP contribution is 2.49. The summed E-state index contributed by atoms with van der Waals surface area (Å²) in [5, 5.41) is 14.0. The zero-order chi connectivity index (χ0) is 26.6. The maximum atomic E-state index is 9.85. The number of nitriles is 1. The highest BCUT2D eigenvalue weighted by Gasteiger charge is 2.44. The molecule has 1 aliphatic carbocycles. The van der Waals surface area contributed by atoms with Crippen molar-refractivity contribution in [1.82, 2.24) is 19.9 Å². The Kier molecular flexibility index (Phi) is 8.73. The summed E-state index contributed by atoms with van der Waals surface area (Å²) in [6.45, 7) is 7.13. The second-order valence-electron chi connectivity index (χ2n) is 9.14. The first-order valence-electron chi connectivity index (χ1n) is 11.9. The second kappa shape index (κ2) is 11.8. The maximum Gasteiger partial charge on any atom is 0.157 e. The SMILES string of the molecule is C=N/C(C#N)=C(/Sc1cccc(Cl)c1Cl)c1ncc(C)n1CCC1(CCNC)Cc2ncccc2C1N. The van der Waals surface area contributed by atoms with Crippen LogP contribution in [0.25, 0.3) is 4.91 Å². The number of hydrogen-bond acceptors (Lipinski definition) is 7. The number of pyridine rings is 1. The van der Waals surface area contributed by atoms with E-state index < -0.39 is 0 Å². The average Bonchev–Trinajstić information content (AvgIpc) is 3.41. The summed E-state index contributed by atoms with van der Waals surface area (Å²) in [6.07, 6.45) is 6.19. The molecule has 2 aromatic heterocycles. The molecule has 0 radical (unpaired) electrons. The van der Waals surface area contributed by atoms with Gasteiger partial charge in [-0.15, -0.1) is 0 Å². The molecule has 0 fully saturated rings. The topological polar surface area (TPSA) is 105 Å². The average molecular weight is 555 g/mol. The molecule has 192 valence electrons. The van der Waals surface area contributed by atoms with Gasteiger partial charge in [0, 0.05) is 41.3 Å². The fraction of sp³-hybridized carbons (Fsp3) is 0.333. The number of rotatable bonds is 10. The van der Waals surface area contributed by atoms with Gasteiger partial charge in [0.2, 0.25) is 0 Å². The second-order valence-corrected chi connectivity index (χ2v) is 11.0. The van der Waals surface area contributed by atoms with Crippen molar-refractivity contribution < 1.29 is 0 Å². The third-order valence-corrected chi connectivity index (χ3v) is 9.08. The molecule has 37 heavy (non-hydrogen) atoms. The highest BCUT2D eigenvalue weighted by atomic mass is 35.5. The Hall–Kier alpha value is -2.67.